The average Bonchev–Trinajstić information content (AvgIpc) is 2.36. The number of nitrogens with zero attached hydrogens (tertiary/aromatic N) is 1. The molecular weight excluding hydrogens is 228 g/mol. The van der Waals surface area contributed by atoms with Crippen molar-refractivity contribution in [3.05, 3.63) is 0 Å². The molecule has 0 aromatic rings. The molecule has 0 atom stereocenters. The van der Waals surface area contributed by atoms with Crippen molar-refractivity contribution in [2.75, 3.05) is 20.2 Å². The van der Waals surface area contributed by atoms with Gasteiger partial charge in [0, 0.05) is 19.1 Å². The van der Waals surface area contributed by atoms with Crippen molar-refractivity contribution in [2.45, 2.75) is 58.5 Å². The molecule has 1 aliphatic carbocycles. The molecule has 1 N–H and O–H groups in total. The molecule has 0 spiro atoms. The van der Waals surface area contributed by atoms with Crippen molar-refractivity contribution in [3.63, 3.8) is 0 Å². The highest BCUT2D eigenvalue weighted by molar-refractivity contribution is 5.67. The normalized spacial score (nSPS) is 24.1. The summed E-state index contributed by atoms with van der Waals surface area (Å²) in [6, 6.07) is 0.978. The third-order valence-corrected chi connectivity index (χ3v) is 3.57. The maximum absolute atomic E-state index is 11.8. The molecule has 0 aromatic carbocycles. The van der Waals surface area contributed by atoms with E-state index in [0.29, 0.717) is 24.6 Å². The predicted molar refractivity (Wildman–Crippen MR) is 73.7 cm³/mol. The smallest absolute Gasteiger partial charge is 0.409 e. The van der Waals surface area contributed by atoms with Crippen LogP contribution in [0.5, 0.6) is 0 Å². The van der Waals surface area contributed by atoms with Gasteiger partial charge in [0.25, 0.3) is 0 Å². The van der Waals surface area contributed by atoms with Crippen LogP contribution in [0.25, 0.3) is 0 Å². The summed E-state index contributed by atoms with van der Waals surface area (Å²) in [5.41, 5.74) is 0. The van der Waals surface area contributed by atoms with Gasteiger partial charge in [-0.05, 0) is 38.1 Å². The first-order valence-corrected chi connectivity index (χ1v) is 7.17. The fourth-order valence-corrected chi connectivity index (χ4v) is 2.44. The van der Waals surface area contributed by atoms with E-state index in [2.05, 4.69) is 26.1 Å². The van der Waals surface area contributed by atoms with E-state index in [1.165, 1.54) is 0 Å². The topological polar surface area (TPSA) is 41.6 Å². The van der Waals surface area contributed by atoms with Crippen LogP contribution in [0.2, 0.25) is 0 Å². The van der Waals surface area contributed by atoms with E-state index < -0.39 is 0 Å². The highest BCUT2D eigenvalue weighted by atomic mass is 16.6. The van der Waals surface area contributed by atoms with Gasteiger partial charge in [0.05, 0.1) is 6.61 Å². The second-order valence-corrected chi connectivity index (χ2v) is 5.64. The lowest BCUT2D eigenvalue weighted by Gasteiger charge is -2.34. The summed E-state index contributed by atoms with van der Waals surface area (Å²) in [7, 11) is 1.86. The third kappa shape index (κ3) is 4.84. The zero-order chi connectivity index (χ0) is 13.5. The lowest BCUT2D eigenvalue weighted by molar-refractivity contribution is 0.0779. The predicted octanol–water partition coefficient (Wildman–Crippen LogP) is 2.63. The monoisotopic (exact) mass is 256 g/mol. The lowest BCUT2D eigenvalue weighted by atomic mass is 9.90. The van der Waals surface area contributed by atoms with Crippen molar-refractivity contribution in [1.82, 2.24) is 10.2 Å². The molecule has 0 aromatic heterocycles. The fourth-order valence-electron chi connectivity index (χ4n) is 2.44. The Hall–Kier alpha value is -0.770. The Balaban J connectivity index is 2.30. The molecule has 4 heteroatoms. The van der Waals surface area contributed by atoms with Crippen molar-refractivity contribution in [2.24, 2.45) is 5.92 Å². The molecule has 1 saturated carbocycles. The van der Waals surface area contributed by atoms with E-state index in [1.807, 2.05) is 7.05 Å². The number of ether oxygens (including phenoxy) is 1. The minimum atomic E-state index is -0.171. The minimum Gasteiger partial charge on any atom is -0.449 e. The van der Waals surface area contributed by atoms with Crippen molar-refractivity contribution in [1.29, 1.82) is 0 Å². The first kappa shape index (κ1) is 15.3. The standard InChI is InChI=1S/C14H28N2O2/c1-5-15-12-6-8-13(9-7-12)16(4)14(17)18-10-11(2)3/h11-13,15H,5-10H2,1-4H3. The molecule has 1 rings (SSSR count). The molecule has 0 radical (unpaired) electrons. The van der Waals surface area contributed by atoms with Crippen molar-refractivity contribution in [3.8, 4) is 0 Å². The van der Waals surface area contributed by atoms with Gasteiger partial charge in [-0.25, -0.2) is 4.79 Å². The van der Waals surface area contributed by atoms with E-state index in [1.54, 1.807) is 4.90 Å². The Morgan fingerprint density at radius 2 is 1.94 bits per heavy atom. The summed E-state index contributed by atoms with van der Waals surface area (Å²) in [5.74, 6) is 0.395. The maximum Gasteiger partial charge on any atom is 0.409 e. The van der Waals surface area contributed by atoms with Gasteiger partial charge in [-0.3, -0.25) is 0 Å². The fraction of sp³-hybridized carbons (Fsp3) is 0.929. The van der Waals surface area contributed by atoms with Gasteiger partial charge in [0.1, 0.15) is 0 Å². The van der Waals surface area contributed by atoms with E-state index in [4.69, 9.17) is 4.74 Å². The van der Waals surface area contributed by atoms with Crippen LogP contribution in [0, 0.1) is 5.92 Å². The molecule has 0 bridgehead atoms. The van der Waals surface area contributed by atoms with Gasteiger partial charge < -0.3 is 15.0 Å². The Bertz CT molecular complexity index is 248. The Labute approximate surface area is 111 Å². The second-order valence-electron chi connectivity index (χ2n) is 5.64. The molecular formula is C14H28N2O2. The lowest BCUT2D eigenvalue weighted by Crippen LogP contribution is -2.43. The minimum absolute atomic E-state index is 0.171. The maximum atomic E-state index is 11.8. The Kier molecular flexibility index (Phi) is 6.47. The molecule has 1 fully saturated rings. The number of carbonyl (C=O) groups is 1. The number of hydrogen-bond acceptors (Lipinski definition) is 3. The van der Waals surface area contributed by atoms with Crippen LogP contribution in [0.1, 0.15) is 46.5 Å². The van der Waals surface area contributed by atoms with E-state index >= 15 is 0 Å². The van der Waals surface area contributed by atoms with Crippen molar-refractivity contribution >= 4 is 6.09 Å². The van der Waals surface area contributed by atoms with Crippen LogP contribution >= 0.6 is 0 Å². The molecule has 0 heterocycles. The zero-order valence-corrected chi connectivity index (χ0v) is 12.2. The van der Waals surface area contributed by atoms with Crippen LogP contribution in [0.3, 0.4) is 0 Å². The van der Waals surface area contributed by atoms with Gasteiger partial charge in [0.15, 0.2) is 0 Å². The number of amides is 1. The first-order valence-electron chi connectivity index (χ1n) is 7.17. The summed E-state index contributed by atoms with van der Waals surface area (Å²) in [4.78, 5) is 13.6. The molecule has 0 unspecified atom stereocenters. The zero-order valence-electron chi connectivity index (χ0n) is 12.2. The Morgan fingerprint density at radius 3 is 2.44 bits per heavy atom. The number of rotatable bonds is 5. The van der Waals surface area contributed by atoms with Gasteiger partial charge >= 0.3 is 6.09 Å². The van der Waals surface area contributed by atoms with E-state index in [0.717, 1.165) is 32.2 Å². The van der Waals surface area contributed by atoms with Gasteiger partial charge in [-0.1, -0.05) is 20.8 Å². The summed E-state index contributed by atoms with van der Waals surface area (Å²) in [6.07, 6.45) is 4.28. The molecule has 0 aliphatic heterocycles. The molecule has 1 aliphatic rings. The number of carbonyl (C=O) groups excluding carboxylic acids is 1. The van der Waals surface area contributed by atoms with Crippen LogP contribution in [0.15, 0.2) is 0 Å². The van der Waals surface area contributed by atoms with Crippen LogP contribution < -0.4 is 5.32 Å². The molecule has 18 heavy (non-hydrogen) atoms. The van der Waals surface area contributed by atoms with Gasteiger partial charge in [-0.15, -0.1) is 0 Å². The molecule has 4 nitrogen and oxygen atoms in total. The third-order valence-electron chi connectivity index (χ3n) is 3.57. The second kappa shape index (κ2) is 7.62. The van der Waals surface area contributed by atoms with Crippen LogP contribution in [0.4, 0.5) is 4.79 Å². The van der Waals surface area contributed by atoms with Gasteiger partial charge in [-0.2, -0.15) is 0 Å². The van der Waals surface area contributed by atoms with E-state index in [-0.39, 0.29) is 6.09 Å². The summed E-state index contributed by atoms with van der Waals surface area (Å²) < 4.78 is 5.26. The summed E-state index contributed by atoms with van der Waals surface area (Å²) in [5, 5.41) is 3.48. The number of nitrogens with one attached hydrogen (secondary N) is 1. The Morgan fingerprint density at radius 1 is 1.33 bits per heavy atom. The largest absolute Gasteiger partial charge is 0.449 e. The summed E-state index contributed by atoms with van der Waals surface area (Å²) >= 11 is 0. The van der Waals surface area contributed by atoms with Crippen LogP contribution in [-0.4, -0.2) is 43.3 Å². The molecule has 106 valence electrons. The first-order chi connectivity index (χ1) is 8.54. The van der Waals surface area contributed by atoms with Crippen LogP contribution in [-0.2, 0) is 4.74 Å². The van der Waals surface area contributed by atoms with E-state index in [9.17, 15) is 4.79 Å². The SMILES string of the molecule is CCNC1CCC(N(C)C(=O)OCC(C)C)CC1. The van der Waals surface area contributed by atoms with Gasteiger partial charge in [0.2, 0.25) is 0 Å². The average molecular weight is 256 g/mol. The molecule has 1 amide bonds. The quantitative estimate of drug-likeness (QED) is 0.822. The summed E-state index contributed by atoms with van der Waals surface area (Å²) in [6.45, 7) is 7.78. The highest BCUT2D eigenvalue weighted by Crippen LogP contribution is 2.22. The molecule has 0 saturated heterocycles. The highest BCUT2D eigenvalue weighted by Gasteiger charge is 2.26. The van der Waals surface area contributed by atoms with Crippen molar-refractivity contribution < 1.29 is 9.53 Å². The number of hydrogen-bond donors (Lipinski definition) is 1.